The van der Waals surface area contributed by atoms with Gasteiger partial charge in [0.25, 0.3) is 5.91 Å². The Bertz CT molecular complexity index is 1120. The largest absolute Gasteiger partial charge is 0.467 e. The average molecular weight is 456 g/mol. The summed E-state index contributed by atoms with van der Waals surface area (Å²) in [5.74, 6) is -1.06. The van der Waals surface area contributed by atoms with Gasteiger partial charge in [-0.1, -0.05) is 60.7 Å². The van der Waals surface area contributed by atoms with E-state index in [1.54, 1.807) is 37.3 Å². The van der Waals surface area contributed by atoms with Gasteiger partial charge in [-0.15, -0.1) is 0 Å². The number of nitrogens with one attached hydrogen (secondary N) is 3. The maximum Gasteiger partial charge on any atom is 0.417 e. The van der Waals surface area contributed by atoms with Gasteiger partial charge in [0.1, 0.15) is 5.82 Å². The lowest BCUT2D eigenvalue weighted by atomic mass is 9.98. The smallest absolute Gasteiger partial charge is 0.417 e. The van der Waals surface area contributed by atoms with Crippen LogP contribution in [0.3, 0.4) is 0 Å². The zero-order valence-corrected chi connectivity index (χ0v) is 18.0. The van der Waals surface area contributed by atoms with Crippen LogP contribution in [0, 0.1) is 5.41 Å². The number of carbonyl (C=O) groups is 1. The molecule has 0 aliphatic carbocycles. The van der Waals surface area contributed by atoms with Crippen molar-refractivity contribution in [2.45, 2.75) is 19.1 Å². The van der Waals surface area contributed by atoms with Crippen molar-refractivity contribution >= 4 is 17.4 Å². The quantitative estimate of drug-likeness (QED) is 0.425. The molecule has 33 heavy (non-hydrogen) atoms. The third-order valence-electron chi connectivity index (χ3n) is 4.88. The molecule has 2 aromatic carbocycles. The van der Waals surface area contributed by atoms with Crippen molar-refractivity contribution in [1.82, 2.24) is 10.3 Å². The lowest BCUT2D eigenvalue weighted by Gasteiger charge is -2.19. The number of hydrogen-bond donors (Lipinski definition) is 3. The van der Waals surface area contributed by atoms with Gasteiger partial charge in [-0.3, -0.25) is 10.2 Å². The first-order valence-electron chi connectivity index (χ1n) is 10.1. The zero-order valence-electron chi connectivity index (χ0n) is 18.0. The minimum absolute atomic E-state index is 0.174. The molecule has 1 aromatic heterocycles. The molecule has 0 spiro atoms. The number of carbonyl (C=O) groups excluding carboxylic acids is 1. The van der Waals surface area contributed by atoms with Crippen molar-refractivity contribution < 1.29 is 22.7 Å². The number of pyridine rings is 1. The van der Waals surface area contributed by atoms with Crippen molar-refractivity contribution in [1.29, 1.82) is 5.41 Å². The minimum Gasteiger partial charge on any atom is -0.467 e. The van der Waals surface area contributed by atoms with Gasteiger partial charge in [0, 0.05) is 18.7 Å². The summed E-state index contributed by atoms with van der Waals surface area (Å²) in [5, 5.41) is 13.7. The molecular formula is C24H23F3N4O2. The summed E-state index contributed by atoms with van der Waals surface area (Å²) in [5.41, 5.74) is -0.621. The van der Waals surface area contributed by atoms with Gasteiger partial charge < -0.3 is 15.4 Å². The molecule has 0 unspecified atom stereocenters. The number of aromatic nitrogens is 1. The molecule has 0 bridgehead atoms. The average Bonchev–Trinajstić information content (AvgIpc) is 2.82. The van der Waals surface area contributed by atoms with Gasteiger partial charge in [0.15, 0.2) is 6.61 Å². The van der Waals surface area contributed by atoms with Crippen molar-refractivity contribution in [2.75, 3.05) is 19.0 Å². The molecule has 0 radical (unpaired) electrons. The molecule has 1 heterocycles. The highest BCUT2D eigenvalue weighted by atomic mass is 19.4. The van der Waals surface area contributed by atoms with E-state index in [2.05, 4.69) is 15.6 Å². The normalized spacial score (nSPS) is 12.0. The Labute approximate surface area is 189 Å². The van der Waals surface area contributed by atoms with E-state index >= 15 is 0 Å². The number of ether oxygens (including phenoxy) is 1. The number of rotatable bonds is 8. The second-order valence-electron chi connectivity index (χ2n) is 7.21. The van der Waals surface area contributed by atoms with E-state index in [1.807, 2.05) is 30.3 Å². The van der Waals surface area contributed by atoms with Crippen LogP contribution in [0.5, 0.6) is 5.88 Å². The fourth-order valence-electron chi connectivity index (χ4n) is 3.25. The highest BCUT2D eigenvalue weighted by Crippen LogP contribution is 2.37. The summed E-state index contributed by atoms with van der Waals surface area (Å²) in [6.45, 7) is 1.27. The van der Waals surface area contributed by atoms with Crippen LogP contribution in [0.25, 0.3) is 0 Å². The summed E-state index contributed by atoms with van der Waals surface area (Å²) < 4.78 is 47.0. The number of amides is 1. The van der Waals surface area contributed by atoms with Crippen LogP contribution in [0.1, 0.15) is 35.2 Å². The van der Waals surface area contributed by atoms with Crippen LogP contribution in [-0.2, 0) is 11.0 Å². The Morgan fingerprint density at radius 1 is 1.09 bits per heavy atom. The highest BCUT2D eigenvalue weighted by Gasteiger charge is 2.37. The number of alkyl halides is 3. The topological polar surface area (TPSA) is 87.1 Å². The molecule has 6 nitrogen and oxygen atoms in total. The molecule has 0 aliphatic heterocycles. The van der Waals surface area contributed by atoms with Crippen LogP contribution in [-0.4, -0.2) is 30.3 Å². The van der Waals surface area contributed by atoms with Crippen molar-refractivity contribution in [3.63, 3.8) is 0 Å². The van der Waals surface area contributed by atoms with Crippen molar-refractivity contribution in [2.24, 2.45) is 0 Å². The Kier molecular flexibility index (Phi) is 7.32. The zero-order chi connectivity index (χ0) is 24.0. The van der Waals surface area contributed by atoms with Crippen LogP contribution >= 0.6 is 0 Å². The third kappa shape index (κ3) is 5.88. The molecule has 1 amide bonds. The van der Waals surface area contributed by atoms with Gasteiger partial charge in [0.2, 0.25) is 5.88 Å². The molecule has 0 saturated carbocycles. The van der Waals surface area contributed by atoms with Crippen LogP contribution in [0.15, 0.2) is 66.7 Å². The Morgan fingerprint density at radius 3 is 2.27 bits per heavy atom. The summed E-state index contributed by atoms with van der Waals surface area (Å²) in [7, 11) is 1.41. The molecule has 0 aliphatic rings. The van der Waals surface area contributed by atoms with Gasteiger partial charge in [-0.05, 0) is 12.5 Å². The molecule has 172 valence electrons. The lowest BCUT2D eigenvalue weighted by molar-refractivity contribution is -0.137. The van der Waals surface area contributed by atoms with E-state index in [-0.39, 0.29) is 23.5 Å². The predicted molar refractivity (Wildman–Crippen MR) is 120 cm³/mol. The van der Waals surface area contributed by atoms with E-state index in [4.69, 9.17) is 10.1 Å². The maximum atomic E-state index is 13.9. The predicted octanol–water partition coefficient (Wildman–Crippen LogP) is 4.81. The third-order valence-corrected chi connectivity index (χ3v) is 4.88. The van der Waals surface area contributed by atoms with Crippen LogP contribution < -0.4 is 15.4 Å². The fourth-order valence-corrected chi connectivity index (χ4v) is 3.25. The van der Waals surface area contributed by atoms with Crippen LogP contribution in [0.2, 0.25) is 0 Å². The first-order chi connectivity index (χ1) is 15.7. The lowest BCUT2D eigenvalue weighted by Crippen LogP contribution is -2.31. The Morgan fingerprint density at radius 2 is 1.70 bits per heavy atom. The number of hydrogen-bond acceptors (Lipinski definition) is 5. The van der Waals surface area contributed by atoms with Gasteiger partial charge in [-0.2, -0.15) is 18.2 Å². The maximum absolute atomic E-state index is 13.9. The van der Waals surface area contributed by atoms with Gasteiger partial charge in [-0.25, -0.2) is 0 Å². The first kappa shape index (κ1) is 23.8. The number of benzene rings is 2. The van der Waals surface area contributed by atoms with Crippen LogP contribution in [0.4, 0.5) is 19.0 Å². The second kappa shape index (κ2) is 10.2. The fraction of sp³-hybridized carbons (Fsp3) is 0.208. The summed E-state index contributed by atoms with van der Waals surface area (Å²) in [6.07, 6.45) is -4.77. The SMILES string of the molecule is CNc1nc(OCC(=O)N[C@H](C)c2ccccc2)cc(C(F)(F)F)c1C(=N)c1ccccc1. The molecule has 9 heteroatoms. The number of nitrogens with zero attached hydrogens (tertiary/aromatic N) is 1. The molecule has 1 atom stereocenters. The monoisotopic (exact) mass is 456 g/mol. The summed E-state index contributed by atoms with van der Waals surface area (Å²) >= 11 is 0. The molecule has 0 fully saturated rings. The Hall–Kier alpha value is -3.88. The summed E-state index contributed by atoms with van der Waals surface area (Å²) in [6, 6.07) is 17.7. The van der Waals surface area contributed by atoms with Gasteiger partial charge in [0.05, 0.1) is 22.9 Å². The van der Waals surface area contributed by atoms with Crippen molar-refractivity contribution in [3.05, 3.63) is 89.0 Å². The van der Waals surface area contributed by atoms with E-state index in [9.17, 15) is 18.0 Å². The standard InChI is InChI=1S/C24H23F3N4O2/c1-15(16-9-5-3-6-10-16)30-19(32)14-33-20-13-18(24(25,26)27)21(23(29-2)31-20)22(28)17-11-7-4-8-12-17/h3-13,15,28H,14H2,1-2H3,(H,29,31)(H,30,32)/t15-/m1/s1. The molecule has 3 rings (SSSR count). The van der Waals surface area contributed by atoms with Crippen molar-refractivity contribution in [3.8, 4) is 5.88 Å². The second-order valence-corrected chi connectivity index (χ2v) is 7.21. The molecule has 3 N–H and O–H groups in total. The molecule has 3 aromatic rings. The molecule has 0 saturated heterocycles. The van der Waals surface area contributed by atoms with E-state index in [1.165, 1.54) is 7.05 Å². The number of halogens is 3. The highest BCUT2D eigenvalue weighted by molar-refractivity contribution is 6.14. The number of anilines is 1. The first-order valence-corrected chi connectivity index (χ1v) is 10.1. The minimum atomic E-state index is -4.77. The molecular weight excluding hydrogens is 433 g/mol. The van der Waals surface area contributed by atoms with E-state index < -0.39 is 29.8 Å². The summed E-state index contributed by atoms with van der Waals surface area (Å²) in [4.78, 5) is 16.3. The van der Waals surface area contributed by atoms with Gasteiger partial charge >= 0.3 is 6.18 Å². The Balaban J connectivity index is 1.83. The van der Waals surface area contributed by atoms with E-state index in [0.29, 0.717) is 11.6 Å². The van der Waals surface area contributed by atoms with E-state index in [0.717, 1.165) is 5.56 Å².